The second-order valence-corrected chi connectivity index (χ2v) is 5.49. The molecule has 1 aliphatic carbocycles. The van der Waals surface area contributed by atoms with Gasteiger partial charge in [-0.2, -0.15) is 0 Å². The molecule has 1 aliphatic rings. The zero-order valence-electron chi connectivity index (χ0n) is 10.9. The molecule has 1 nitrogen and oxygen atoms in total. The molecule has 0 spiro atoms. The molecule has 1 fully saturated rings. The van der Waals surface area contributed by atoms with Crippen LogP contribution >= 0.6 is 0 Å². The summed E-state index contributed by atoms with van der Waals surface area (Å²) < 4.78 is 0. The van der Waals surface area contributed by atoms with Gasteiger partial charge >= 0.3 is 0 Å². The highest BCUT2D eigenvalue weighted by Gasteiger charge is 2.08. The minimum atomic E-state index is 0.385. The third kappa shape index (κ3) is 7.27. The molecule has 16 heavy (non-hydrogen) atoms. The number of rotatable bonds is 3. The van der Waals surface area contributed by atoms with Crippen LogP contribution in [0.2, 0.25) is 0 Å². The highest BCUT2D eigenvalue weighted by atomic mass is 16.2. The smallest absolute Gasteiger partial charge is 0.0431 e. The monoisotopic (exact) mass is 226 g/mol. The molecule has 0 aromatic heterocycles. The molecule has 1 saturated carbocycles. The fraction of sp³-hybridized carbons (Fsp3) is 1.00. The fourth-order valence-corrected chi connectivity index (χ4v) is 2.92. The van der Waals surface area contributed by atoms with E-state index in [1.807, 2.05) is 0 Å². The van der Waals surface area contributed by atoms with Crippen LogP contribution in [0.3, 0.4) is 0 Å². The summed E-state index contributed by atoms with van der Waals surface area (Å²) in [7, 11) is 0. The van der Waals surface area contributed by atoms with E-state index in [1.54, 1.807) is 0 Å². The molecule has 1 N–H and O–H groups in total. The first-order valence-electron chi connectivity index (χ1n) is 7.54. The van der Waals surface area contributed by atoms with Crippen LogP contribution in [0.4, 0.5) is 0 Å². The van der Waals surface area contributed by atoms with E-state index in [0.717, 1.165) is 12.3 Å². The average molecular weight is 226 g/mol. The molecule has 96 valence electrons. The molecule has 0 aromatic rings. The Morgan fingerprint density at radius 1 is 0.688 bits per heavy atom. The van der Waals surface area contributed by atoms with Crippen LogP contribution < -0.4 is 0 Å². The zero-order chi connectivity index (χ0) is 11.5. The quantitative estimate of drug-likeness (QED) is 0.741. The van der Waals surface area contributed by atoms with E-state index in [0.29, 0.717) is 6.61 Å². The summed E-state index contributed by atoms with van der Waals surface area (Å²) in [5.74, 6) is 0.909. The summed E-state index contributed by atoms with van der Waals surface area (Å²) in [6.07, 6.45) is 18.1. The van der Waals surface area contributed by atoms with E-state index in [9.17, 15) is 0 Å². The lowest BCUT2D eigenvalue weighted by Crippen LogP contribution is -2.03. The highest BCUT2D eigenvalue weighted by Crippen LogP contribution is 2.24. The Hall–Kier alpha value is -0.0400. The van der Waals surface area contributed by atoms with Crippen molar-refractivity contribution in [2.45, 2.75) is 83.5 Å². The second-order valence-electron chi connectivity index (χ2n) is 5.49. The van der Waals surface area contributed by atoms with Crippen molar-refractivity contribution in [3.8, 4) is 0 Å². The Bertz CT molecular complexity index is 132. The van der Waals surface area contributed by atoms with Gasteiger partial charge in [0, 0.05) is 6.61 Å². The first kappa shape index (κ1) is 14.0. The van der Waals surface area contributed by atoms with Crippen molar-refractivity contribution < 1.29 is 5.11 Å². The standard InChI is InChI=1S/C15H30O/c16-14-10-13-15-11-8-6-4-2-1-3-5-7-9-12-15/h15-16H,1-14H2. The summed E-state index contributed by atoms with van der Waals surface area (Å²) in [6, 6.07) is 0. The maximum absolute atomic E-state index is 8.91. The molecule has 0 radical (unpaired) electrons. The van der Waals surface area contributed by atoms with Gasteiger partial charge in [0.1, 0.15) is 0 Å². The summed E-state index contributed by atoms with van der Waals surface area (Å²) >= 11 is 0. The minimum Gasteiger partial charge on any atom is -0.396 e. The third-order valence-electron chi connectivity index (χ3n) is 4.00. The summed E-state index contributed by atoms with van der Waals surface area (Å²) in [5, 5.41) is 8.91. The van der Waals surface area contributed by atoms with Crippen molar-refractivity contribution in [3.63, 3.8) is 0 Å². The molecule has 0 aromatic carbocycles. The van der Waals surface area contributed by atoms with E-state index in [1.165, 1.54) is 77.0 Å². The largest absolute Gasteiger partial charge is 0.396 e. The molecule has 0 aliphatic heterocycles. The maximum atomic E-state index is 8.91. The van der Waals surface area contributed by atoms with E-state index in [2.05, 4.69) is 0 Å². The molecule has 0 unspecified atom stereocenters. The molecule has 0 heterocycles. The van der Waals surface area contributed by atoms with Gasteiger partial charge in [-0.05, 0) is 18.8 Å². The van der Waals surface area contributed by atoms with Gasteiger partial charge in [-0.15, -0.1) is 0 Å². The van der Waals surface area contributed by atoms with Crippen LogP contribution in [0.15, 0.2) is 0 Å². The average Bonchev–Trinajstić information content (AvgIpc) is 2.28. The van der Waals surface area contributed by atoms with Crippen LogP contribution in [0.25, 0.3) is 0 Å². The summed E-state index contributed by atoms with van der Waals surface area (Å²) in [6.45, 7) is 0.385. The summed E-state index contributed by atoms with van der Waals surface area (Å²) in [4.78, 5) is 0. The van der Waals surface area contributed by atoms with Crippen molar-refractivity contribution >= 4 is 0 Å². The zero-order valence-corrected chi connectivity index (χ0v) is 10.9. The van der Waals surface area contributed by atoms with Crippen molar-refractivity contribution in [2.75, 3.05) is 6.61 Å². The number of hydrogen-bond donors (Lipinski definition) is 1. The van der Waals surface area contributed by atoms with E-state index in [-0.39, 0.29) is 0 Å². The summed E-state index contributed by atoms with van der Waals surface area (Å²) in [5.41, 5.74) is 0. The van der Waals surface area contributed by atoms with Crippen LogP contribution in [0, 0.1) is 5.92 Å². The van der Waals surface area contributed by atoms with E-state index in [4.69, 9.17) is 5.11 Å². The van der Waals surface area contributed by atoms with Crippen LogP contribution in [-0.2, 0) is 0 Å². The first-order valence-corrected chi connectivity index (χ1v) is 7.54. The Kier molecular flexibility index (Phi) is 8.88. The Morgan fingerprint density at radius 2 is 1.12 bits per heavy atom. The maximum Gasteiger partial charge on any atom is 0.0431 e. The highest BCUT2D eigenvalue weighted by molar-refractivity contribution is 4.62. The van der Waals surface area contributed by atoms with Crippen molar-refractivity contribution in [3.05, 3.63) is 0 Å². The predicted octanol–water partition coefficient (Wildman–Crippen LogP) is 4.68. The lowest BCUT2D eigenvalue weighted by atomic mass is 9.90. The molecule has 1 rings (SSSR count). The van der Waals surface area contributed by atoms with Gasteiger partial charge in [0.15, 0.2) is 0 Å². The lowest BCUT2D eigenvalue weighted by Gasteiger charge is -2.17. The molecule has 0 atom stereocenters. The van der Waals surface area contributed by atoms with Gasteiger partial charge in [0.05, 0.1) is 0 Å². The first-order chi connectivity index (χ1) is 7.93. The van der Waals surface area contributed by atoms with Crippen LogP contribution in [0.5, 0.6) is 0 Å². The van der Waals surface area contributed by atoms with E-state index >= 15 is 0 Å². The van der Waals surface area contributed by atoms with Gasteiger partial charge < -0.3 is 5.11 Å². The van der Waals surface area contributed by atoms with Gasteiger partial charge in [-0.3, -0.25) is 0 Å². The molecule has 0 bridgehead atoms. The van der Waals surface area contributed by atoms with Crippen LogP contribution in [-0.4, -0.2) is 11.7 Å². The molecular formula is C15H30O. The third-order valence-corrected chi connectivity index (χ3v) is 4.00. The molecule has 1 heteroatoms. The Labute approximate surface area is 102 Å². The normalized spacial score (nSPS) is 22.3. The fourth-order valence-electron chi connectivity index (χ4n) is 2.92. The lowest BCUT2D eigenvalue weighted by molar-refractivity contribution is 0.261. The predicted molar refractivity (Wildman–Crippen MR) is 70.6 cm³/mol. The molecular weight excluding hydrogens is 196 g/mol. The van der Waals surface area contributed by atoms with Crippen molar-refractivity contribution in [1.29, 1.82) is 0 Å². The van der Waals surface area contributed by atoms with Gasteiger partial charge in [0.2, 0.25) is 0 Å². The number of aliphatic hydroxyl groups excluding tert-OH is 1. The van der Waals surface area contributed by atoms with Crippen LogP contribution in [0.1, 0.15) is 83.5 Å². The number of hydrogen-bond acceptors (Lipinski definition) is 1. The number of aliphatic hydroxyl groups is 1. The molecule has 0 saturated heterocycles. The Balaban J connectivity index is 2.19. The molecule has 0 amide bonds. The van der Waals surface area contributed by atoms with Gasteiger partial charge in [0.25, 0.3) is 0 Å². The van der Waals surface area contributed by atoms with Crippen molar-refractivity contribution in [2.24, 2.45) is 5.92 Å². The Morgan fingerprint density at radius 3 is 1.56 bits per heavy atom. The second kappa shape index (κ2) is 10.1. The van der Waals surface area contributed by atoms with E-state index < -0.39 is 0 Å². The van der Waals surface area contributed by atoms with Gasteiger partial charge in [-0.1, -0.05) is 70.6 Å². The van der Waals surface area contributed by atoms with Crippen molar-refractivity contribution in [1.82, 2.24) is 0 Å². The SMILES string of the molecule is OCCCC1CCCCCCCCCCC1. The van der Waals surface area contributed by atoms with Gasteiger partial charge in [-0.25, -0.2) is 0 Å². The topological polar surface area (TPSA) is 20.2 Å². The minimum absolute atomic E-state index is 0.385.